The molecule has 0 bridgehead atoms. The number of rotatable bonds is 1. The number of sulfonamides is 1. The van der Waals surface area contributed by atoms with Crippen molar-refractivity contribution in [3.05, 3.63) is 30.1 Å². The van der Waals surface area contributed by atoms with Gasteiger partial charge in [0.25, 0.3) is 0 Å². The zero-order valence-electron chi connectivity index (χ0n) is 8.69. The molecule has 2 rings (SSSR count). The third kappa shape index (κ3) is 2.70. The Morgan fingerprint density at radius 2 is 2.12 bits per heavy atom. The van der Waals surface area contributed by atoms with Crippen molar-refractivity contribution in [3.63, 3.8) is 0 Å². The molecular weight excluding hydrogens is 231 g/mol. The largest absolute Gasteiger partial charge is 0.369 e. The van der Waals surface area contributed by atoms with Crippen molar-refractivity contribution >= 4 is 15.7 Å². The molecule has 0 atom stereocenters. The highest BCUT2D eigenvalue weighted by atomic mass is 32.2. The first-order valence-electron chi connectivity index (χ1n) is 5.05. The third-order valence-electron chi connectivity index (χ3n) is 2.51. The van der Waals surface area contributed by atoms with Crippen LogP contribution in [0.4, 0.5) is 10.1 Å². The quantitative estimate of drug-likeness (QED) is 0.785. The van der Waals surface area contributed by atoms with Gasteiger partial charge in [-0.3, -0.25) is 0 Å². The Hall–Kier alpha value is -1.14. The van der Waals surface area contributed by atoms with E-state index in [9.17, 15) is 12.8 Å². The molecule has 0 spiro atoms. The van der Waals surface area contributed by atoms with Crippen molar-refractivity contribution in [2.45, 2.75) is 0 Å². The third-order valence-corrected chi connectivity index (χ3v) is 3.87. The molecule has 1 aromatic rings. The van der Waals surface area contributed by atoms with Crippen LogP contribution in [0.5, 0.6) is 0 Å². The Kier molecular flexibility index (Phi) is 3.11. The number of halogens is 1. The molecule has 0 aromatic heterocycles. The molecule has 1 fully saturated rings. The SMILES string of the molecule is O=S1(=O)CCN(c2cccc(F)c2)CCN1. The van der Waals surface area contributed by atoms with E-state index in [4.69, 9.17) is 0 Å². The maximum Gasteiger partial charge on any atom is 0.213 e. The van der Waals surface area contributed by atoms with Crippen molar-refractivity contribution in [2.75, 3.05) is 30.3 Å². The van der Waals surface area contributed by atoms with Gasteiger partial charge in [0.05, 0.1) is 5.75 Å². The molecular formula is C10H13FN2O2S. The minimum atomic E-state index is -3.16. The maximum absolute atomic E-state index is 13.0. The normalized spacial score (nSPS) is 20.4. The standard InChI is InChI=1S/C10H13FN2O2S/c11-9-2-1-3-10(8-9)13-5-4-12-16(14,15)7-6-13/h1-3,8,12H,4-7H2. The van der Waals surface area contributed by atoms with E-state index in [0.717, 1.165) is 5.69 Å². The summed E-state index contributed by atoms with van der Waals surface area (Å²) in [5.74, 6) is -0.263. The topological polar surface area (TPSA) is 49.4 Å². The summed E-state index contributed by atoms with van der Waals surface area (Å²) in [7, 11) is -3.16. The highest BCUT2D eigenvalue weighted by molar-refractivity contribution is 7.89. The van der Waals surface area contributed by atoms with Gasteiger partial charge in [-0.05, 0) is 18.2 Å². The Morgan fingerprint density at radius 1 is 1.31 bits per heavy atom. The van der Waals surface area contributed by atoms with Gasteiger partial charge in [-0.15, -0.1) is 0 Å². The van der Waals surface area contributed by atoms with Crippen LogP contribution in [-0.4, -0.2) is 33.8 Å². The van der Waals surface area contributed by atoms with E-state index >= 15 is 0 Å². The van der Waals surface area contributed by atoms with Gasteiger partial charge in [-0.1, -0.05) is 6.07 Å². The lowest BCUT2D eigenvalue weighted by atomic mass is 10.3. The summed E-state index contributed by atoms with van der Waals surface area (Å²) in [4.78, 5) is 1.86. The van der Waals surface area contributed by atoms with Crippen molar-refractivity contribution < 1.29 is 12.8 Å². The number of nitrogens with zero attached hydrogens (tertiary/aromatic N) is 1. The molecule has 1 aromatic carbocycles. The van der Waals surface area contributed by atoms with Gasteiger partial charge in [0, 0.05) is 25.3 Å². The maximum atomic E-state index is 13.0. The summed E-state index contributed by atoms with van der Waals surface area (Å²) in [6.07, 6.45) is 0. The Morgan fingerprint density at radius 3 is 2.88 bits per heavy atom. The Balaban J connectivity index is 2.17. The molecule has 1 N–H and O–H groups in total. The average molecular weight is 244 g/mol. The van der Waals surface area contributed by atoms with Crippen LogP contribution in [0.1, 0.15) is 0 Å². The summed E-state index contributed by atoms with van der Waals surface area (Å²) in [5.41, 5.74) is 0.721. The Bertz CT molecular complexity index is 475. The van der Waals surface area contributed by atoms with E-state index < -0.39 is 10.0 Å². The van der Waals surface area contributed by atoms with E-state index in [0.29, 0.717) is 19.6 Å². The fraction of sp³-hybridized carbons (Fsp3) is 0.400. The summed E-state index contributed by atoms with van der Waals surface area (Å²) in [6.45, 7) is 1.31. The van der Waals surface area contributed by atoms with Gasteiger partial charge in [0.1, 0.15) is 5.82 Å². The van der Waals surface area contributed by atoms with Crippen molar-refractivity contribution in [1.82, 2.24) is 4.72 Å². The van der Waals surface area contributed by atoms with Crippen molar-refractivity contribution in [3.8, 4) is 0 Å². The first-order chi connectivity index (χ1) is 7.57. The van der Waals surface area contributed by atoms with E-state index in [-0.39, 0.29) is 11.6 Å². The summed E-state index contributed by atoms with van der Waals surface area (Å²) in [6, 6.07) is 6.19. The van der Waals surface area contributed by atoms with Crippen LogP contribution in [0, 0.1) is 5.82 Å². The van der Waals surface area contributed by atoms with E-state index in [1.54, 1.807) is 12.1 Å². The molecule has 1 saturated heterocycles. The highest BCUT2D eigenvalue weighted by Gasteiger charge is 2.18. The lowest BCUT2D eigenvalue weighted by Gasteiger charge is -2.21. The second-order valence-corrected chi connectivity index (χ2v) is 5.61. The summed E-state index contributed by atoms with van der Waals surface area (Å²) in [5, 5.41) is 0. The predicted octanol–water partition coefficient (Wildman–Crippen LogP) is 0.565. The molecule has 0 amide bonds. The van der Waals surface area contributed by atoms with Crippen LogP contribution >= 0.6 is 0 Å². The lowest BCUT2D eigenvalue weighted by molar-refractivity contribution is 0.586. The van der Waals surface area contributed by atoms with E-state index in [2.05, 4.69) is 4.72 Å². The van der Waals surface area contributed by atoms with E-state index in [1.807, 2.05) is 4.90 Å². The molecule has 1 aliphatic heterocycles. The highest BCUT2D eigenvalue weighted by Crippen LogP contribution is 2.16. The van der Waals surface area contributed by atoms with Crippen LogP contribution in [0.15, 0.2) is 24.3 Å². The lowest BCUT2D eigenvalue weighted by Crippen LogP contribution is -2.28. The molecule has 0 aliphatic carbocycles. The molecule has 0 radical (unpaired) electrons. The second kappa shape index (κ2) is 4.39. The summed E-state index contributed by atoms with van der Waals surface area (Å²) < 4.78 is 38.1. The fourth-order valence-electron chi connectivity index (χ4n) is 1.68. The van der Waals surface area contributed by atoms with Crippen LogP contribution in [0.25, 0.3) is 0 Å². The van der Waals surface area contributed by atoms with Gasteiger partial charge >= 0.3 is 0 Å². The van der Waals surface area contributed by atoms with Crippen molar-refractivity contribution in [2.24, 2.45) is 0 Å². The van der Waals surface area contributed by atoms with Crippen LogP contribution in [0.3, 0.4) is 0 Å². The molecule has 4 nitrogen and oxygen atoms in total. The number of hydrogen-bond acceptors (Lipinski definition) is 3. The number of hydrogen-bond donors (Lipinski definition) is 1. The predicted molar refractivity (Wildman–Crippen MR) is 60.4 cm³/mol. The fourth-order valence-corrected chi connectivity index (χ4v) is 2.69. The first kappa shape index (κ1) is 11.3. The molecule has 1 heterocycles. The van der Waals surface area contributed by atoms with Gasteiger partial charge in [-0.25, -0.2) is 17.5 Å². The minimum Gasteiger partial charge on any atom is -0.369 e. The molecule has 6 heteroatoms. The van der Waals surface area contributed by atoms with E-state index in [1.165, 1.54) is 12.1 Å². The second-order valence-electron chi connectivity index (χ2n) is 3.68. The van der Waals surface area contributed by atoms with Gasteiger partial charge in [0.2, 0.25) is 10.0 Å². The zero-order chi connectivity index (χ0) is 11.6. The average Bonchev–Trinajstić information content (AvgIpc) is 2.39. The Labute approximate surface area is 94.1 Å². The molecule has 0 saturated carbocycles. The smallest absolute Gasteiger partial charge is 0.213 e. The van der Waals surface area contributed by atoms with Crippen LogP contribution in [-0.2, 0) is 10.0 Å². The number of benzene rings is 1. The first-order valence-corrected chi connectivity index (χ1v) is 6.70. The molecule has 16 heavy (non-hydrogen) atoms. The van der Waals surface area contributed by atoms with Crippen LogP contribution < -0.4 is 9.62 Å². The zero-order valence-corrected chi connectivity index (χ0v) is 9.50. The summed E-state index contributed by atoms with van der Waals surface area (Å²) >= 11 is 0. The van der Waals surface area contributed by atoms with Gasteiger partial charge in [0.15, 0.2) is 0 Å². The van der Waals surface area contributed by atoms with Gasteiger partial charge < -0.3 is 4.90 Å². The number of nitrogens with one attached hydrogen (secondary N) is 1. The number of anilines is 1. The van der Waals surface area contributed by atoms with Gasteiger partial charge in [-0.2, -0.15) is 0 Å². The monoisotopic (exact) mass is 244 g/mol. The van der Waals surface area contributed by atoms with Crippen LogP contribution in [0.2, 0.25) is 0 Å². The van der Waals surface area contributed by atoms with Crippen molar-refractivity contribution in [1.29, 1.82) is 0 Å². The molecule has 1 aliphatic rings. The molecule has 0 unspecified atom stereocenters. The minimum absolute atomic E-state index is 0.0452. The molecule has 88 valence electrons.